The second kappa shape index (κ2) is 9.15. The van der Waals surface area contributed by atoms with Crippen molar-refractivity contribution >= 4 is 39.9 Å². The number of carbonyl (C=O) groups excluding carboxylic acids is 2. The van der Waals surface area contributed by atoms with E-state index in [9.17, 15) is 9.59 Å². The summed E-state index contributed by atoms with van der Waals surface area (Å²) in [7, 11) is 0. The highest BCUT2D eigenvalue weighted by Crippen LogP contribution is 2.27. The number of nitrogens with zero attached hydrogens (tertiary/aromatic N) is 3. The number of nitrogens with one attached hydrogen (secondary N) is 2. The van der Waals surface area contributed by atoms with Gasteiger partial charge in [-0.15, -0.1) is 11.3 Å². The van der Waals surface area contributed by atoms with E-state index in [-0.39, 0.29) is 11.8 Å². The van der Waals surface area contributed by atoms with Gasteiger partial charge < -0.3 is 9.73 Å². The number of thiazole rings is 1. The first kappa shape index (κ1) is 20.8. The zero-order chi connectivity index (χ0) is 21.8. The van der Waals surface area contributed by atoms with Crippen LogP contribution in [-0.2, 0) is 17.9 Å². The SMILES string of the molecule is CC(=O)NCc1ccc(-c2csc(NC(=O)c3cnn(Cc4ccccc4Cl)c3)n2)o1. The van der Waals surface area contributed by atoms with Crippen LogP contribution in [0, 0.1) is 0 Å². The highest BCUT2D eigenvalue weighted by molar-refractivity contribution is 7.14. The molecule has 4 rings (SSSR count). The number of aromatic nitrogens is 3. The van der Waals surface area contributed by atoms with Crippen LogP contribution >= 0.6 is 22.9 Å². The Kier molecular flexibility index (Phi) is 6.15. The van der Waals surface area contributed by atoms with Crippen molar-refractivity contribution in [3.63, 3.8) is 0 Å². The minimum atomic E-state index is -0.308. The normalized spacial score (nSPS) is 10.8. The summed E-state index contributed by atoms with van der Waals surface area (Å²) in [5.74, 6) is 0.739. The number of amides is 2. The molecule has 4 aromatic rings. The number of hydrogen-bond acceptors (Lipinski definition) is 6. The number of anilines is 1. The molecule has 0 atom stereocenters. The van der Waals surface area contributed by atoms with Crippen LogP contribution in [0.5, 0.6) is 0 Å². The molecule has 0 saturated heterocycles. The lowest BCUT2D eigenvalue weighted by molar-refractivity contribution is -0.119. The molecule has 0 radical (unpaired) electrons. The molecule has 1 aromatic carbocycles. The Labute approximate surface area is 186 Å². The van der Waals surface area contributed by atoms with Crippen LogP contribution in [0.25, 0.3) is 11.5 Å². The smallest absolute Gasteiger partial charge is 0.260 e. The molecule has 0 saturated carbocycles. The maximum atomic E-state index is 12.6. The van der Waals surface area contributed by atoms with Crippen LogP contribution < -0.4 is 10.6 Å². The molecule has 31 heavy (non-hydrogen) atoms. The summed E-state index contributed by atoms with van der Waals surface area (Å²) in [4.78, 5) is 28.0. The molecule has 0 aliphatic heterocycles. The molecule has 2 N–H and O–H groups in total. The summed E-state index contributed by atoms with van der Waals surface area (Å²) in [6.07, 6.45) is 3.16. The highest BCUT2D eigenvalue weighted by Gasteiger charge is 2.14. The third-order valence-electron chi connectivity index (χ3n) is 4.34. The highest BCUT2D eigenvalue weighted by atomic mass is 35.5. The van der Waals surface area contributed by atoms with Crippen LogP contribution in [0.1, 0.15) is 28.6 Å². The first-order valence-corrected chi connectivity index (χ1v) is 10.6. The van der Waals surface area contributed by atoms with Gasteiger partial charge in [0.15, 0.2) is 10.9 Å². The van der Waals surface area contributed by atoms with Gasteiger partial charge in [-0.3, -0.25) is 19.6 Å². The van der Waals surface area contributed by atoms with Crippen LogP contribution in [0.15, 0.2) is 58.6 Å². The molecule has 0 unspecified atom stereocenters. The molecule has 0 aliphatic carbocycles. The Hall–Kier alpha value is -3.43. The lowest BCUT2D eigenvalue weighted by atomic mass is 10.2. The fraction of sp³-hybridized carbons (Fsp3) is 0.143. The molecule has 0 spiro atoms. The Bertz CT molecular complexity index is 1230. The Morgan fingerprint density at radius 2 is 2.06 bits per heavy atom. The van der Waals surface area contributed by atoms with Crippen LogP contribution in [0.2, 0.25) is 5.02 Å². The van der Waals surface area contributed by atoms with E-state index in [2.05, 4.69) is 20.7 Å². The van der Waals surface area contributed by atoms with E-state index in [0.29, 0.717) is 46.0 Å². The van der Waals surface area contributed by atoms with Crippen molar-refractivity contribution in [2.24, 2.45) is 0 Å². The van der Waals surface area contributed by atoms with Gasteiger partial charge in [0.2, 0.25) is 5.91 Å². The minimum Gasteiger partial charge on any atom is -0.458 e. The van der Waals surface area contributed by atoms with Crippen molar-refractivity contribution in [1.29, 1.82) is 0 Å². The van der Waals surface area contributed by atoms with Gasteiger partial charge >= 0.3 is 0 Å². The van der Waals surface area contributed by atoms with E-state index in [4.69, 9.17) is 16.0 Å². The molecule has 3 aromatic heterocycles. The Balaban J connectivity index is 1.39. The molecule has 3 heterocycles. The topological polar surface area (TPSA) is 102 Å². The summed E-state index contributed by atoms with van der Waals surface area (Å²) in [6, 6.07) is 11.0. The Morgan fingerprint density at radius 3 is 2.87 bits per heavy atom. The van der Waals surface area contributed by atoms with Gasteiger partial charge in [0, 0.05) is 23.5 Å². The van der Waals surface area contributed by atoms with Gasteiger partial charge in [-0.05, 0) is 23.8 Å². The van der Waals surface area contributed by atoms with Crippen molar-refractivity contribution in [2.45, 2.75) is 20.0 Å². The van der Waals surface area contributed by atoms with Crippen LogP contribution in [0.4, 0.5) is 5.13 Å². The summed E-state index contributed by atoms with van der Waals surface area (Å²) < 4.78 is 7.34. The van der Waals surface area contributed by atoms with Crippen molar-refractivity contribution < 1.29 is 14.0 Å². The molecule has 10 heteroatoms. The standard InChI is InChI=1S/C21H18ClN5O3S/c1-13(28)23-9-16-6-7-19(30-16)18-12-31-21(25-18)26-20(29)15-8-24-27(11-15)10-14-4-2-3-5-17(14)22/h2-8,11-12H,9-10H2,1H3,(H,23,28)(H,25,26,29). The zero-order valence-electron chi connectivity index (χ0n) is 16.5. The van der Waals surface area contributed by atoms with Crippen molar-refractivity contribution in [1.82, 2.24) is 20.1 Å². The van der Waals surface area contributed by atoms with Gasteiger partial charge in [-0.1, -0.05) is 29.8 Å². The van der Waals surface area contributed by atoms with E-state index in [1.165, 1.54) is 24.5 Å². The van der Waals surface area contributed by atoms with Crippen LogP contribution in [0.3, 0.4) is 0 Å². The first-order chi connectivity index (χ1) is 15.0. The molecule has 8 nitrogen and oxygen atoms in total. The largest absolute Gasteiger partial charge is 0.458 e. The Morgan fingerprint density at radius 1 is 1.23 bits per heavy atom. The average molecular weight is 456 g/mol. The predicted molar refractivity (Wildman–Crippen MR) is 118 cm³/mol. The molecule has 158 valence electrons. The monoisotopic (exact) mass is 455 g/mol. The van der Waals surface area contributed by atoms with Gasteiger partial charge in [-0.25, -0.2) is 4.98 Å². The molecule has 2 amide bonds. The fourth-order valence-corrected chi connectivity index (χ4v) is 3.69. The summed E-state index contributed by atoms with van der Waals surface area (Å²) in [6.45, 7) is 2.22. The summed E-state index contributed by atoms with van der Waals surface area (Å²) in [5.41, 5.74) is 1.93. The number of benzene rings is 1. The van der Waals surface area contributed by atoms with E-state index < -0.39 is 0 Å². The predicted octanol–water partition coefficient (Wildman–Crippen LogP) is 4.19. The average Bonchev–Trinajstić information content (AvgIpc) is 3.49. The van der Waals surface area contributed by atoms with Crippen molar-refractivity contribution in [3.8, 4) is 11.5 Å². The van der Waals surface area contributed by atoms with Crippen LogP contribution in [-0.4, -0.2) is 26.6 Å². The first-order valence-electron chi connectivity index (χ1n) is 9.34. The molecular weight excluding hydrogens is 438 g/mol. The molecular formula is C21H18ClN5O3S. The van der Waals surface area contributed by atoms with Gasteiger partial charge in [0.1, 0.15) is 11.5 Å². The zero-order valence-corrected chi connectivity index (χ0v) is 18.0. The maximum Gasteiger partial charge on any atom is 0.260 e. The second-order valence-electron chi connectivity index (χ2n) is 6.69. The number of hydrogen-bond donors (Lipinski definition) is 2. The van der Waals surface area contributed by atoms with E-state index >= 15 is 0 Å². The molecule has 0 fully saturated rings. The second-order valence-corrected chi connectivity index (χ2v) is 7.95. The van der Waals surface area contributed by atoms with E-state index in [1.807, 2.05) is 24.3 Å². The van der Waals surface area contributed by atoms with Gasteiger partial charge in [0.05, 0.1) is 24.8 Å². The third-order valence-corrected chi connectivity index (χ3v) is 5.46. The maximum absolute atomic E-state index is 12.6. The number of rotatable bonds is 7. The summed E-state index contributed by atoms with van der Waals surface area (Å²) in [5, 5.41) is 12.6. The van der Waals surface area contributed by atoms with E-state index in [0.717, 1.165) is 5.56 Å². The number of halogens is 1. The fourth-order valence-electron chi connectivity index (χ4n) is 2.80. The number of furan rings is 1. The molecule has 0 aliphatic rings. The number of carbonyl (C=O) groups is 2. The minimum absolute atomic E-state index is 0.133. The van der Waals surface area contributed by atoms with Crippen molar-refractivity contribution in [3.05, 3.63) is 76.1 Å². The summed E-state index contributed by atoms with van der Waals surface area (Å²) >= 11 is 7.47. The third kappa shape index (κ3) is 5.19. The molecule has 0 bridgehead atoms. The lowest BCUT2D eigenvalue weighted by Crippen LogP contribution is -2.18. The van der Waals surface area contributed by atoms with Gasteiger partial charge in [0.25, 0.3) is 5.91 Å². The van der Waals surface area contributed by atoms with Gasteiger partial charge in [-0.2, -0.15) is 5.10 Å². The quantitative estimate of drug-likeness (QED) is 0.435. The lowest BCUT2D eigenvalue weighted by Gasteiger charge is -2.03. The van der Waals surface area contributed by atoms with E-state index in [1.54, 1.807) is 28.4 Å². The van der Waals surface area contributed by atoms with Crippen molar-refractivity contribution in [2.75, 3.05) is 5.32 Å².